The summed E-state index contributed by atoms with van der Waals surface area (Å²) >= 11 is 0. The molecule has 3 fully saturated rings. The number of carbonyl (C=O) groups is 3. The molecule has 3 saturated heterocycles. The van der Waals surface area contributed by atoms with E-state index in [0.29, 0.717) is 16.6 Å². The van der Waals surface area contributed by atoms with Crippen molar-refractivity contribution in [2.45, 2.75) is 93.9 Å². The molecule has 0 bridgehead atoms. The fraction of sp³-hybridized carbons (Fsp3) is 0.606. The van der Waals surface area contributed by atoms with Crippen LogP contribution in [0.5, 0.6) is 0 Å². The van der Waals surface area contributed by atoms with Crippen LogP contribution < -0.4 is 16.2 Å². The van der Waals surface area contributed by atoms with Crippen molar-refractivity contribution >= 4 is 38.9 Å². The van der Waals surface area contributed by atoms with Gasteiger partial charge in [-0.05, 0) is 19.9 Å². The summed E-state index contributed by atoms with van der Waals surface area (Å²) in [7, 11) is -2.31. The SMILES string of the molecule is CCS(=O)(=O)N1CC(CC#N)(n2cc(-c3ncnc4c3ccn4C(=O)NNC(=O)C3O[C@@H](O[C@@H]4C(NC(C)=O)[C@H](C)OC(CO)[C@H]4O)C(O)[C@@H](O)[C@@H]3OC)cn2)C1. The first-order valence-corrected chi connectivity index (χ1v) is 19.4. The summed E-state index contributed by atoms with van der Waals surface area (Å²) in [5.41, 5.74) is 4.57. The van der Waals surface area contributed by atoms with E-state index in [1.54, 1.807) is 30.8 Å². The van der Waals surface area contributed by atoms with Gasteiger partial charge in [-0.3, -0.25) is 24.3 Å². The number of amides is 3. The lowest BCUT2D eigenvalue weighted by atomic mass is 9.89. The number of aliphatic hydroxyl groups excluding tert-OH is 4. The fourth-order valence-corrected chi connectivity index (χ4v) is 8.47. The second-order valence-corrected chi connectivity index (χ2v) is 16.2. The molecule has 10 atom stereocenters. The first kappa shape index (κ1) is 41.9. The summed E-state index contributed by atoms with van der Waals surface area (Å²) in [6.07, 6.45) is -7.65. The molecule has 23 nitrogen and oxygen atoms in total. The Morgan fingerprint density at radius 2 is 1.84 bits per heavy atom. The van der Waals surface area contributed by atoms with Crippen LogP contribution in [-0.2, 0) is 44.1 Å². The lowest BCUT2D eigenvalue weighted by Gasteiger charge is -2.47. The number of ether oxygens (including phenoxy) is 4. The summed E-state index contributed by atoms with van der Waals surface area (Å²) < 4.78 is 51.2. The van der Waals surface area contributed by atoms with Gasteiger partial charge >= 0.3 is 6.03 Å². The minimum Gasteiger partial charge on any atom is -0.394 e. The zero-order valence-corrected chi connectivity index (χ0v) is 32.0. The number of hydrogen-bond donors (Lipinski definition) is 7. The van der Waals surface area contributed by atoms with Crippen molar-refractivity contribution in [1.29, 1.82) is 5.26 Å². The number of hydrazine groups is 1. The summed E-state index contributed by atoms with van der Waals surface area (Å²) in [5, 5.41) is 59.4. The third-order valence-electron chi connectivity index (χ3n) is 10.3. The molecule has 3 aliphatic rings. The third kappa shape index (κ3) is 7.95. The van der Waals surface area contributed by atoms with Crippen molar-refractivity contribution in [3.05, 3.63) is 31.0 Å². The molecule has 0 saturated carbocycles. The first-order chi connectivity index (χ1) is 27.1. The van der Waals surface area contributed by atoms with E-state index >= 15 is 0 Å². The predicted octanol–water partition coefficient (Wildman–Crippen LogP) is -3.35. The van der Waals surface area contributed by atoms with Gasteiger partial charge in [0.15, 0.2) is 18.0 Å². The number of aromatic nitrogens is 5. The smallest absolute Gasteiger partial charge is 0.345 e. The zero-order chi connectivity index (χ0) is 41.4. The van der Waals surface area contributed by atoms with Gasteiger partial charge in [-0.25, -0.2) is 28.6 Å². The predicted molar refractivity (Wildman–Crippen MR) is 191 cm³/mol. The van der Waals surface area contributed by atoms with Gasteiger partial charge in [-0.2, -0.15) is 14.7 Å². The van der Waals surface area contributed by atoms with Crippen molar-refractivity contribution < 1.29 is 62.2 Å². The topological polar surface area (TPSA) is 315 Å². The van der Waals surface area contributed by atoms with E-state index in [4.69, 9.17) is 18.9 Å². The van der Waals surface area contributed by atoms with Gasteiger partial charge in [0, 0.05) is 50.5 Å². The van der Waals surface area contributed by atoms with Gasteiger partial charge in [0.05, 0.1) is 48.9 Å². The fourth-order valence-electron chi connectivity index (χ4n) is 7.23. The van der Waals surface area contributed by atoms with Crippen LogP contribution in [0.25, 0.3) is 22.3 Å². The van der Waals surface area contributed by atoms with E-state index in [1.165, 1.54) is 29.9 Å². The number of aliphatic hydroxyl groups is 4. The minimum atomic E-state index is -3.46. The number of fused-ring (bicyclic) bond motifs is 1. The van der Waals surface area contributed by atoms with E-state index in [0.717, 1.165) is 11.7 Å². The van der Waals surface area contributed by atoms with Crippen LogP contribution in [0, 0.1) is 11.3 Å². The van der Waals surface area contributed by atoms with E-state index in [-0.39, 0.29) is 30.9 Å². The molecule has 3 aliphatic heterocycles. The van der Waals surface area contributed by atoms with Crippen LogP contribution in [0.3, 0.4) is 0 Å². The van der Waals surface area contributed by atoms with E-state index in [9.17, 15) is 48.5 Å². The van der Waals surface area contributed by atoms with Gasteiger partial charge in [-0.15, -0.1) is 0 Å². The maximum Gasteiger partial charge on any atom is 0.345 e. The van der Waals surface area contributed by atoms with Crippen molar-refractivity contribution in [1.82, 2.24) is 44.8 Å². The molecule has 6 rings (SSSR count). The summed E-state index contributed by atoms with van der Waals surface area (Å²) in [6.45, 7) is 3.87. The Bertz CT molecular complexity index is 2120. The Kier molecular flexibility index (Phi) is 12.3. The average Bonchev–Trinajstić information content (AvgIpc) is 3.84. The molecule has 57 heavy (non-hydrogen) atoms. The number of hydrogen-bond acceptors (Lipinski definition) is 17. The first-order valence-electron chi connectivity index (χ1n) is 17.8. The Morgan fingerprint density at radius 1 is 1.11 bits per heavy atom. The standard InChI is InChI=1S/C33H44N10O13S/c1-5-57(51,52)41-13-33(14-41,7-8-34)43-11-18(10-37-43)22-19-6-9-42(29(19)36-15-35-22)32(50)40-39-30(49)28-27(53-4)24(47)25(48)31(56-28)55-26-21(38-17(3)45)16(2)54-20(12-44)23(26)46/h6,9-11,15-16,20-21,23-28,31,44,46-48H,5,7,12-14H2,1-4H3,(H,38,45)(H,39,49)(H,40,50)/t16-,20?,21?,23+,24+,25?,26+,27-,28?,31+/m0/s1. The molecule has 0 spiro atoms. The molecule has 3 aromatic rings. The normalized spacial score (nSPS) is 30.2. The van der Waals surface area contributed by atoms with Gasteiger partial charge in [0.2, 0.25) is 15.9 Å². The van der Waals surface area contributed by atoms with Crippen LogP contribution in [0.4, 0.5) is 4.79 Å². The number of nitriles is 1. The Balaban J connectivity index is 1.16. The van der Waals surface area contributed by atoms with Crippen LogP contribution in [0.1, 0.15) is 27.2 Å². The number of sulfonamides is 1. The largest absolute Gasteiger partial charge is 0.394 e. The maximum atomic E-state index is 13.5. The Morgan fingerprint density at radius 3 is 2.49 bits per heavy atom. The van der Waals surface area contributed by atoms with Gasteiger partial charge in [0.25, 0.3) is 5.91 Å². The highest BCUT2D eigenvalue weighted by atomic mass is 32.2. The summed E-state index contributed by atoms with van der Waals surface area (Å²) in [6, 6.07) is 1.78. The Hall–Kier alpha value is -4.68. The van der Waals surface area contributed by atoms with Crippen LogP contribution in [0.15, 0.2) is 31.0 Å². The summed E-state index contributed by atoms with van der Waals surface area (Å²) in [5.74, 6) is -1.61. The molecule has 7 N–H and O–H groups in total. The van der Waals surface area contributed by atoms with Gasteiger partial charge in [-0.1, -0.05) is 0 Å². The lowest BCUT2D eigenvalue weighted by molar-refractivity contribution is -0.325. The van der Waals surface area contributed by atoms with Crippen molar-refractivity contribution in [2.24, 2.45) is 0 Å². The highest BCUT2D eigenvalue weighted by Crippen LogP contribution is 2.36. The van der Waals surface area contributed by atoms with Crippen molar-refractivity contribution in [3.8, 4) is 17.3 Å². The van der Waals surface area contributed by atoms with Crippen molar-refractivity contribution in [3.63, 3.8) is 0 Å². The van der Waals surface area contributed by atoms with E-state index < -0.39 is 101 Å². The second kappa shape index (κ2) is 16.7. The van der Waals surface area contributed by atoms with Crippen LogP contribution in [-0.4, -0.2) is 169 Å². The molecule has 6 heterocycles. The molecule has 4 unspecified atom stereocenters. The van der Waals surface area contributed by atoms with Gasteiger partial charge in [0.1, 0.15) is 48.5 Å². The number of nitrogens with zero attached hydrogens (tertiary/aromatic N) is 7. The quantitative estimate of drug-likeness (QED) is 0.0930. The van der Waals surface area contributed by atoms with Gasteiger partial charge < -0.3 is 44.7 Å². The molecular weight excluding hydrogens is 776 g/mol. The van der Waals surface area contributed by atoms with E-state index in [2.05, 4.69) is 37.3 Å². The Labute approximate surface area is 325 Å². The number of nitrogens with one attached hydrogen (secondary N) is 3. The molecule has 3 aromatic heterocycles. The monoisotopic (exact) mass is 820 g/mol. The van der Waals surface area contributed by atoms with E-state index in [1.807, 2.05) is 0 Å². The van der Waals surface area contributed by atoms with Crippen LogP contribution in [0.2, 0.25) is 0 Å². The lowest BCUT2D eigenvalue weighted by Crippen LogP contribution is -2.68. The third-order valence-corrected chi connectivity index (χ3v) is 12.1. The molecule has 0 aromatic carbocycles. The molecule has 24 heteroatoms. The molecule has 310 valence electrons. The van der Waals surface area contributed by atoms with Crippen LogP contribution >= 0.6 is 0 Å². The number of methoxy groups -OCH3 is 1. The average molecular weight is 821 g/mol. The molecule has 0 aliphatic carbocycles. The summed E-state index contributed by atoms with van der Waals surface area (Å²) in [4.78, 5) is 47.4. The minimum absolute atomic E-state index is 0.0119. The number of carbonyl (C=O) groups excluding carboxylic acids is 3. The highest BCUT2D eigenvalue weighted by molar-refractivity contribution is 7.89. The molecular formula is C33H44N10O13S. The molecule has 0 radical (unpaired) electrons. The number of rotatable bonds is 11. The van der Waals surface area contributed by atoms with Crippen molar-refractivity contribution in [2.75, 3.05) is 32.6 Å². The maximum absolute atomic E-state index is 13.5. The second-order valence-electron chi connectivity index (χ2n) is 14.0. The highest BCUT2D eigenvalue weighted by Gasteiger charge is 2.53. The molecule has 3 amide bonds. The zero-order valence-electron chi connectivity index (χ0n) is 31.2.